The molecule has 5 heteroatoms. The van der Waals surface area contributed by atoms with Crippen molar-refractivity contribution >= 4 is 33.0 Å². The number of carbonyl (C=O) groups excluding carboxylic acids is 2. The molecule has 0 aliphatic rings. The molecule has 1 aromatic carbocycles. The lowest BCUT2D eigenvalue weighted by molar-refractivity contribution is 0.0895. The summed E-state index contributed by atoms with van der Waals surface area (Å²) in [5.74, 6) is -0.419. The van der Waals surface area contributed by atoms with Crippen molar-refractivity contribution in [2.45, 2.75) is 6.42 Å². The largest absolute Gasteiger partial charge is 0.294 e. The highest BCUT2D eigenvalue weighted by Gasteiger charge is 2.17. The number of ketones is 2. The molecule has 21 heavy (non-hydrogen) atoms. The van der Waals surface area contributed by atoms with E-state index in [0.717, 1.165) is 4.47 Å². The molecule has 0 aliphatic carbocycles. The second-order valence-corrected chi connectivity index (χ2v) is 5.54. The molecule has 0 unspecified atom stereocenters. The van der Waals surface area contributed by atoms with Crippen LogP contribution in [0.4, 0.5) is 0 Å². The zero-order valence-corrected chi connectivity index (χ0v) is 12.6. The maximum absolute atomic E-state index is 12.3. The van der Waals surface area contributed by atoms with Gasteiger partial charge >= 0.3 is 0 Å². The Kier molecular flexibility index (Phi) is 3.66. The van der Waals surface area contributed by atoms with Gasteiger partial charge in [-0.1, -0.05) is 34.1 Å². The summed E-state index contributed by atoms with van der Waals surface area (Å²) >= 11 is 3.32. The summed E-state index contributed by atoms with van der Waals surface area (Å²) < 4.78 is 2.44. The van der Waals surface area contributed by atoms with Gasteiger partial charge in [0.1, 0.15) is 0 Å². The van der Waals surface area contributed by atoms with Crippen molar-refractivity contribution in [2.75, 3.05) is 0 Å². The minimum atomic E-state index is -0.221. The molecule has 2 heterocycles. The molecule has 0 amide bonds. The van der Waals surface area contributed by atoms with Gasteiger partial charge in [0.05, 0.1) is 23.7 Å². The van der Waals surface area contributed by atoms with Crippen molar-refractivity contribution < 1.29 is 9.59 Å². The lowest BCUT2D eigenvalue weighted by Gasteiger charge is -2.01. The summed E-state index contributed by atoms with van der Waals surface area (Å²) in [6.45, 7) is 0. The Bertz CT molecular complexity index is 839. The first-order chi connectivity index (χ1) is 10.1. The number of halogens is 1. The van der Waals surface area contributed by atoms with Crippen LogP contribution in [0.5, 0.6) is 0 Å². The van der Waals surface area contributed by atoms with Crippen molar-refractivity contribution in [1.29, 1.82) is 0 Å². The fourth-order valence-electron chi connectivity index (χ4n) is 2.15. The maximum Gasteiger partial charge on any atom is 0.174 e. The third kappa shape index (κ3) is 2.78. The van der Waals surface area contributed by atoms with Crippen LogP contribution in [-0.2, 0) is 0 Å². The highest BCUT2D eigenvalue weighted by atomic mass is 79.9. The van der Waals surface area contributed by atoms with Gasteiger partial charge in [-0.05, 0) is 24.3 Å². The molecule has 104 valence electrons. The monoisotopic (exact) mass is 342 g/mol. The van der Waals surface area contributed by atoms with E-state index >= 15 is 0 Å². The molecule has 3 rings (SSSR count). The van der Waals surface area contributed by atoms with Gasteiger partial charge in [-0.25, -0.2) is 4.52 Å². The minimum Gasteiger partial charge on any atom is -0.294 e. The van der Waals surface area contributed by atoms with Crippen LogP contribution in [0.15, 0.2) is 59.3 Å². The van der Waals surface area contributed by atoms with Gasteiger partial charge in [-0.2, -0.15) is 5.10 Å². The number of nitrogens with zero attached hydrogens (tertiary/aromatic N) is 2. The predicted octanol–water partition coefficient (Wildman–Crippen LogP) is 3.55. The Morgan fingerprint density at radius 1 is 1.10 bits per heavy atom. The third-order valence-electron chi connectivity index (χ3n) is 3.19. The first-order valence-electron chi connectivity index (χ1n) is 6.39. The molecule has 0 bridgehead atoms. The van der Waals surface area contributed by atoms with E-state index in [1.165, 1.54) is 6.20 Å². The molecular weight excluding hydrogens is 332 g/mol. The molecule has 0 radical (unpaired) electrons. The second-order valence-electron chi connectivity index (χ2n) is 4.62. The molecule has 0 atom stereocenters. The first-order valence-corrected chi connectivity index (χ1v) is 7.19. The third-order valence-corrected chi connectivity index (χ3v) is 3.69. The van der Waals surface area contributed by atoms with Crippen molar-refractivity contribution in [1.82, 2.24) is 9.61 Å². The Morgan fingerprint density at radius 3 is 2.76 bits per heavy atom. The van der Waals surface area contributed by atoms with Crippen LogP contribution in [0.1, 0.15) is 27.1 Å². The predicted molar refractivity (Wildman–Crippen MR) is 82.6 cm³/mol. The molecule has 0 fully saturated rings. The molecule has 0 saturated heterocycles. The standard InChI is InChI=1S/C16H11BrN2O2/c17-12-5-3-4-11(8-12)15(20)9-16(21)13-10-18-19-7-2-1-6-14(13)19/h1-8,10H,9H2. The van der Waals surface area contributed by atoms with Crippen LogP contribution >= 0.6 is 15.9 Å². The summed E-state index contributed by atoms with van der Waals surface area (Å²) in [5.41, 5.74) is 1.71. The van der Waals surface area contributed by atoms with E-state index < -0.39 is 0 Å². The minimum absolute atomic E-state index is 0.160. The van der Waals surface area contributed by atoms with E-state index in [1.54, 1.807) is 28.9 Å². The summed E-state index contributed by atoms with van der Waals surface area (Å²) in [4.78, 5) is 24.5. The highest BCUT2D eigenvalue weighted by Crippen LogP contribution is 2.16. The van der Waals surface area contributed by atoms with Crippen LogP contribution in [0.2, 0.25) is 0 Å². The van der Waals surface area contributed by atoms with Gasteiger partial charge in [0.15, 0.2) is 11.6 Å². The van der Waals surface area contributed by atoms with Gasteiger partial charge in [0.2, 0.25) is 0 Å². The molecule has 0 N–H and O–H groups in total. The molecular formula is C16H11BrN2O2. The van der Waals surface area contributed by atoms with E-state index in [1.807, 2.05) is 24.3 Å². The van der Waals surface area contributed by atoms with Crippen molar-refractivity contribution in [3.8, 4) is 0 Å². The van der Waals surface area contributed by atoms with Crippen LogP contribution in [-0.4, -0.2) is 21.2 Å². The van der Waals surface area contributed by atoms with Crippen LogP contribution in [0.3, 0.4) is 0 Å². The summed E-state index contributed by atoms with van der Waals surface area (Å²) in [5, 5.41) is 4.11. The Morgan fingerprint density at radius 2 is 1.95 bits per heavy atom. The molecule has 3 aromatic rings. The zero-order valence-electron chi connectivity index (χ0n) is 11.0. The van der Waals surface area contributed by atoms with Gasteiger partial charge < -0.3 is 0 Å². The number of aromatic nitrogens is 2. The normalized spacial score (nSPS) is 10.7. The Labute approximate surface area is 129 Å². The summed E-state index contributed by atoms with van der Waals surface area (Å²) in [6, 6.07) is 12.5. The molecule has 0 saturated carbocycles. The van der Waals surface area contributed by atoms with E-state index in [-0.39, 0.29) is 18.0 Å². The smallest absolute Gasteiger partial charge is 0.174 e. The number of hydrogen-bond acceptors (Lipinski definition) is 3. The van der Waals surface area contributed by atoms with E-state index in [4.69, 9.17) is 0 Å². The zero-order chi connectivity index (χ0) is 14.8. The fourth-order valence-corrected chi connectivity index (χ4v) is 2.55. The van der Waals surface area contributed by atoms with Gasteiger partial charge in [0.25, 0.3) is 0 Å². The number of fused-ring (bicyclic) bond motifs is 1. The van der Waals surface area contributed by atoms with Crippen LogP contribution in [0, 0.1) is 0 Å². The van der Waals surface area contributed by atoms with E-state index in [2.05, 4.69) is 21.0 Å². The average molecular weight is 343 g/mol. The molecule has 0 aliphatic heterocycles. The average Bonchev–Trinajstić information content (AvgIpc) is 2.91. The van der Waals surface area contributed by atoms with Crippen LogP contribution in [0.25, 0.3) is 5.52 Å². The second kappa shape index (κ2) is 5.61. The van der Waals surface area contributed by atoms with Crippen molar-refractivity contribution in [3.63, 3.8) is 0 Å². The topological polar surface area (TPSA) is 51.4 Å². The number of benzene rings is 1. The number of pyridine rings is 1. The Hall–Kier alpha value is -2.27. The first kappa shape index (κ1) is 13.7. The molecule has 2 aromatic heterocycles. The quantitative estimate of drug-likeness (QED) is 0.538. The van der Waals surface area contributed by atoms with E-state index in [9.17, 15) is 9.59 Å². The lowest BCUT2D eigenvalue weighted by Crippen LogP contribution is -2.08. The highest BCUT2D eigenvalue weighted by molar-refractivity contribution is 9.10. The SMILES string of the molecule is O=C(CC(=O)c1cnn2ccccc12)c1cccc(Br)c1. The van der Waals surface area contributed by atoms with Gasteiger partial charge in [-0.15, -0.1) is 0 Å². The van der Waals surface area contributed by atoms with Gasteiger partial charge in [0, 0.05) is 16.2 Å². The van der Waals surface area contributed by atoms with Crippen molar-refractivity contribution in [3.05, 3.63) is 70.5 Å². The number of hydrogen-bond donors (Lipinski definition) is 0. The summed E-state index contributed by atoms with van der Waals surface area (Å²) in [7, 11) is 0. The van der Waals surface area contributed by atoms with Gasteiger partial charge in [-0.3, -0.25) is 9.59 Å². The Balaban J connectivity index is 1.85. The fraction of sp³-hybridized carbons (Fsp3) is 0.0625. The number of Topliss-reactive ketones (excluding diaryl/α,β-unsaturated/α-hetero) is 2. The number of carbonyl (C=O) groups is 2. The molecule has 4 nitrogen and oxygen atoms in total. The lowest BCUT2D eigenvalue weighted by atomic mass is 10.0. The molecule has 0 spiro atoms. The maximum atomic E-state index is 12.3. The van der Waals surface area contributed by atoms with Crippen LogP contribution < -0.4 is 0 Å². The van der Waals surface area contributed by atoms with E-state index in [0.29, 0.717) is 16.6 Å². The summed E-state index contributed by atoms with van der Waals surface area (Å²) in [6.07, 6.45) is 3.11. The van der Waals surface area contributed by atoms with Crippen molar-refractivity contribution in [2.24, 2.45) is 0 Å². The number of rotatable bonds is 4.